The van der Waals surface area contributed by atoms with Gasteiger partial charge in [0.2, 0.25) is 17.8 Å². The Morgan fingerprint density at radius 1 is 0.379 bits per heavy atom. The molecule has 0 saturated carbocycles. The van der Waals surface area contributed by atoms with Crippen molar-refractivity contribution in [1.82, 2.24) is 39.9 Å². The number of aromatic nitrogens is 8. The zero-order chi connectivity index (χ0) is 81.3. The van der Waals surface area contributed by atoms with Gasteiger partial charge in [-0.2, -0.15) is 63.6 Å². The van der Waals surface area contributed by atoms with E-state index in [9.17, 15) is 80.6 Å². The Labute approximate surface area is 654 Å². The third-order valence-electron chi connectivity index (χ3n) is 18.6. The third-order valence-corrected chi connectivity index (χ3v) is 22.2. The number of nitrogens with zero attached hydrogens (tertiary/aromatic N) is 6. The summed E-state index contributed by atoms with van der Waals surface area (Å²) < 4.78 is 154. The second-order valence-electron chi connectivity index (χ2n) is 26.0. The first-order valence-electron chi connectivity index (χ1n) is 34.4. The molecule has 0 atom stereocenters. The maximum Gasteiger partial charge on any atom is 0.328 e. The molecule has 0 radical (unpaired) electrons. The van der Waals surface area contributed by atoms with Crippen LogP contribution in [0.4, 0.5) is 46.3 Å². The number of nitrogens with one attached hydrogen (secondary N) is 7. The van der Waals surface area contributed by atoms with Crippen molar-refractivity contribution >= 4 is 132 Å². The summed E-state index contributed by atoms with van der Waals surface area (Å²) in [6, 6.07) is 50.2. The molecule has 0 saturated heterocycles. The molecule has 0 spiro atoms. The fraction of sp³-hybridized carbons (Fsp3) is 0.0380. The van der Waals surface area contributed by atoms with Gasteiger partial charge >= 0.3 is 12.0 Å². The van der Waals surface area contributed by atoms with Gasteiger partial charge in [0.05, 0.1) is 54.0 Å². The van der Waals surface area contributed by atoms with E-state index >= 15 is 0 Å². The highest BCUT2D eigenvalue weighted by atomic mass is 32.2. The van der Waals surface area contributed by atoms with Gasteiger partial charge in [0.15, 0.2) is 23.1 Å². The van der Waals surface area contributed by atoms with Gasteiger partial charge in [-0.1, -0.05) is 109 Å². The van der Waals surface area contributed by atoms with Crippen LogP contribution in [-0.2, 0) is 46.9 Å². The predicted molar refractivity (Wildman–Crippen MR) is 421 cm³/mol. The Morgan fingerprint density at radius 2 is 0.853 bits per heavy atom. The van der Waals surface area contributed by atoms with Crippen LogP contribution in [-0.4, -0.2) is 128 Å². The fourth-order valence-corrected chi connectivity index (χ4v) is 16.0. The Balaban J connectivity index is 0.704. The molecule has 116 heavy (non-hydrogen) atoms. The van der Waals surface area contributed by atoms with Gasteiger partial charge in [-0.3, -0.25) is 47.0 Å². The summed E-state index contributed by atoms with van der Waals surface area (Å²) in [5, 5.41) is 15.4. The number of benzene rings is 10. The number of ketones is 4. The number of pyridine rings is 2. The molecule has 33 nitrogen and oxygen atoms in total. The third kappa shape index (κ3) is 14.9. The summed E-state index contributed by atoms with van der Waals surface area (Å²) >= 11 is 0. The lowest BCUT2D eigenvalue weighted by Crippen LogP contribution is -2.24. The van der Waals surface area contributed by atoms with Crippen LogP contribution in [0.1, 0.15) is 75.1 Å². The second kappa shape index (κ2) is 29.6. The highest BCUT2D eigenvalue weighted by Crippen LogP contribution is 2.47. The Kier molecular flexibility index (Phi) is 19.3. The molecule has 2 aliphatic rings. The van der Waals surface area contributed by atoms with Crippen LogP contribution in [0.5, 0.6) is 23.5 Å². The molecule has 11 N–H and O–H groups in total. The van der Waals surface area contributed by atoms with E-state index in [1.807, 2.05) is 0 Å². The molecule has 0 amide bonds. The fourth-order valence-electron chi connectivity index (χ4n) is 13.6. The minimum absolute atomic E-state index is 0.00506. The van der Waals surface area contributed by atoms with E-state index in [-0.39, 0.29) is 166 Å². The van der Waals surface area contributed by atoms with Gasteiger partial charge in [-0.25, -0.2) is 0 Å². The summed E-state index contributed by atoms with van der Waals surface area (Å²) in [7, 11) is -19.6. The van der Waals surface area contributed by atoms with Crippen molar-refractivity contribution in [2.24, 2.45) is 0 Å². The predicted octanol–water partition coefficient (Wildman–Crippen LogP) is 11.5. The van der Waals surface area contributed by atoms with Crippen molar-refractivity contribution in [1.29, 1.82) is 0 Å². The molecule has 10 aromatic carbocycles. The van der Waals surface area contributed by atoms with Crippen LogP contribution in [0.2, 0.25) is 0 Å². The molecule has 2 aliphatic carbocycles. The molecule has 4 heterocycles. The highest BCUT2D eigenvalue weighted by Gasteiger charge is 2.37. The number of rotatable bonds is 25. The zero-order valence-corrected chi connectivity index (χ0v) is 62.3. The number of fused-ring (bicyclic) bond motifs is 4. The number of H-pyrrole nitrogens is 2. The molecule has 578 valence electrons. The normalized spacial score (nSPS) is 12.3. The largest absolute Gasteiger partial charge is 0.424 e. The van der Waals surface area contributed by atoms with Crippen molar-refractivity contribution in [2.45, 2.75) is 26.0 Å². The Morgan fingerprint density at radius 3 is 1.41 bits per heavy atom. The molecule has 37 heteroatoms. The lowest BCUT2D eigenvalue weighted by Gasteiger charge is -2.24. The van der Waals surface area contributed by atoms with Gasteiger partial charge in [0.25, 0.3) is 51.6 Å². The molecule has 0 aliphatic heterocycles. The quantitative estimate of drug-likeness (QED) is 0.0144. The summed E-state index contributed by atoms with van der Waals surface area (Å²) in [6.07, 6.45) is -0.424. The van der Waals surface area contributed by atoms with Gasteiger partial charge in [0, 0.05) is 86.1 Å². The van der Waals surface area contributed by atoms with E-state index in [0.29, 0.717) is 5.56 Å². The topological polar surface area (TPSA) is 507 Å². The Bertz CT molecular complexity index is 7190. The first-order chi connectivity index (χ1) is 55.5. The second-order valence-corrected chi connectivity index (χ2v) is 31.6. The molecule has 0 bridgehead atoms. The molecule has 14 aromatic rings. The van der Waals surface area contributed by atoms with Crippen molar-refractivity contribution in [3.8, 4) is 45.8 Å². The highest BCUT2D eigenvalue weighted by molar-refractivity contribution is 7.86. The monoisotopic (exact) mass is 1630 g/mol. The van der Waals surface area contributed by atoms with Crippen LogP contribution < -0.4 is 47.2 Å². The van der Waals surface area contributed by atoms with Crippen molar-refractivity contribution in [3.63, 3.8) is 0 Å². The summed E-state index contributed by atoms with van der Waals surface area (Å²) in [4.78, 5) is 116. The van der Waals surface area contributed by atoms with Gasteiger partial charge < -0.3 is 46.0 Å². The van der Waals surface area contributed by atoms with Crippen LogP contribution >= 0.6 is 0 Å². The molecular formula is C79H53N13O20S4. The lowest BCUT2D eigenvalue weighted by atomic mass is 9.80. The van der Waals surface area contributed by atoms with Gasteiger partial charge in [0.1, 0.15) is 22.2 Å². The molecular weight excluding hydrogens is 1580 g/mol. The van der Waals surface area contributed by atoms with Crippen LogP contribution in [0.15, 0.2) is 248 Å². The Hall–Kier alpha value is -14.4. The maximum absolute atomic E-state index is 14.8. The van der Waals surface area contributed by atoms with Crippen LogP contribution in [0, 0.1) is 0 Å². The number of aromatic amines is 2. The smallest absolute Gasteiger partial charge is 0.328 e. The molecule has 0 fully saturated rings. The van der Waals surface area contributed by atoms with Crippen molar-refractivity contribution in [2.75, 3.05) is 39.7 Å². The van der Waals surface area contributed by atoms with Crippen LogP contribution in [0.25, 0.3) is 44.1 Å². The zero-order valence-electron chi connectivity index (χ0n) is 59.0. The maximum atomic E-state index is 14.8. The number of carbonyl (C=O) groups excluding carboxylic acids is 4. The summed E-state index contributed by atoms with van der Waals surface area (Å²) in [5.41, 5.74) is -1.46. The molecule has 16 rings (SSSR count). The van der Waals surface area contributed by atoms with Crippen LogP contribution in [0.3, 0.4) is 0 Å². The number of ether oxygens (including phenoxy) is 2. The minimum atomic E-state index is -5.13. The van der Waals surface area contributed by atoms with E-state index in [0.717, 1.165) is 36.4 Å². The van der Waals surface area contributed by atoms with Crippen molar-refractivity contribution in [3.05, 3.63) is 295 Å². The SMILES string of the molecule is O=C(c1ccccc1)c1c2c3c(c(Nc4ccc(S(=O)(=O)O)c(Cc5nc(NCCNc6nc(Nc7ccc(S(=O)(=O)O)c(Nc8ccc9[nH]c(=O)c(C(=O)c%10cccc(S(=O)(=O)O)c%10)c%10c9c8C(=O)c8ccccc8-%10)c7)nc(Oc7ccc(S(=O)(=O)O)cc7)n6)nc(Oc6ccccc6)n5)c4)ccc3[nH]c1=O)C(=O)c1ccccc1-2. The summed E-state index contributed by atoms with van der Waals surface area (Å²) in [6.45, 7) is -0.187. The van der Waals surface area contributed by atoms with E-state index < -0.39 is 112 Å². The number of para-hydroxylation sites is 1. The van der Waals surface area contributed by atoms with Gasteiger partial charge in [-0.05, 0) is 126 Å². The molecule has 0 unspecified atom stereocenters. The number of anilines is 8. The first-order valence-corrected chi connectivity index (χ1v) is 40.2. The van der Waals surface area contributed by atoms with E-state index in [1.165, 1.54) is 78.9 Å². The molecule has 4 aromatic heterocycles. The number of hydrogen-bond acceptors (Lipinski definition) is 27. The van der Waals surface area contributed by atoms with E-state index in [2.05, 4.69) is 66.5 Å². The van der Waals surface area contributed by atoms with Crippen molar-refractivity contribution < 1.29 is 80.5 Å². The summed E-state index contributed by atoms with van der Waals surface area (Å²) in [5.74, 6) is -3.23. The van der Waals surface area contributed by atoms with E-state index in [1.54, 1.807) is 103 Å². The lowest BCUT2D eigenvalue weighted by molar-refractivity contribution is 0.102. The standard InChI is InChI=1S/C79H53N13O20S4/c93-69(40-12-3-1-4-13-40)67-61-49-18-7-9-20-51(49)71(95)65-55(30-28-53(63(61)65)85-73(67)97)82-43-22-32-58(115(105,106)107)42(36-43)38-60-87-75(90-78(88-60)111-45-15-5-2-6-16-45)80-34-35-81-76-89-77(92-79(91-76)112-46-24-26-47(27-25-46)113(99,100)101)83-44-23-33-59(116(108,109)110)57(39-44)84-56-31-29-54-64-62(50-19-8-10-21-52(50)72(96)66(56)64)68(74(98)86-54)70(94)41-14-11-17-48(37-41)114(102,103)104/h1-33,36-37,39,82,84H,34-35,38H2,(H,85,97)(H,86,98)(H,99,100,101)(H,102,103,104)(H,105,106,107)(H,108,109,110)(H,80,87,88,90)(H2,81,83,89,91,92). The number of hydrogen-bond donors (Lipinski definition) is 11. The average Bonchev–Trinajstić information content (AvgIpc) is 0.717. The number of carbonyl (C=O) groups is 4. The van der Waals surface area contributed by atoms with Gasteiger partial charge in [-0.15, -0.1) is 0 Å². The first kappa shape index (κ1) is 75.6. The van der Waals surface area contributed by atoms with E-state index in [4.69, 9.17) is 9.47 Å². The average molecular weight is 1630 g/mol. The minimum Gasteiger partial charge on any atom is -0.424 e.